The SMILES string of the molecule is COCC(O)CN(C)C(=O)c1ncn[nH]1. The van der Waals surface area contributed by atoms with Gasteiger partial charge in [-0.3, -0.25) is 9.89 Å². The van der Waals surface area contributed by atoms with Gasteiger partial charge in [-0.25, -0.2) is 4.98 Å². The second-order valence-corrected chi connectivity index (χ2v) is 3.13. The molecule has 0 radical (unpaired) electrons. The van der Waals surface area contributed by atoms with Crippen LogP contribution >= 0.6 is 0 Å². The molecule has 0 aliphatic heterocycles. The van der Waals surface area contributed by atoms with Crippen molar-refractivity contribution >= 4 is 5.91 Å². The Morgan fingerprint density at radius 3 is 3.07 bits per heavy atom. The lowest BCUT2D eigenvalue weighted by atomic mass is 10.3. The van der Waals surface area contributed by atoms with Gasteiger partial charge in [-0.1, -0.05) is 0 Å². The van der Waals surface area contributed by atoms with E-state index in [2.05, 4.69) is 15.2 Å². The lowest BCUT2D eigenvalue weighted by molar-refractivity contribution is 0.0375. The number of nitrogens with one attached hydrogen (secondary N) is 1. The smallest absolute Gasteiger partial charge is 0.291 e. The number of amides is 1. The standard InChI is InChI=1S/C8H14N4O3/c1-12(3-6(13)4-15-2)8(14)7-9-5-10-11-7/h5-6,13H,3-4H2,1-2H3,(H,9,10,11). The van der Waals surface area contributed by atoms with Crippen molar-refractivity contribution in [1.82, 2.24) is 20.1 Å². The lowest BCUT2D eigenvalue weighted by Gasteiger charge is -2.18. The average molecular weight is 214 g/mol. The van der Waals surface area contributed by atoms with Crippen molar-refractivity contribution in [2.75, 3.05) is 27.3 Å². The summed E-state index contributed by atoms with van der Waals surface area (Å²) >= 11 is 0. The second-order valence-electron chi connectivity index (χ2n) is 3.13. The molecule has 0 fully saturated rings. The quantitative estimate of drug-likeness (QED) is 0.648. The predicted molar refractivity (Wildman–Crippen MR) is 51.2 cm³/mol. The number of ether oxygens (including phenoxy) is 1. The molecular formula is C8H14N4O3. The molecule has 1 aromatic heterocycles. The molecule has 1 rings (SSSR count). The molecule has 0 spiro atoms. The largest absolute Gasteiger partial charge is 0.389 e. The van der Waals surface area contributed by atoms with Gasteiger partial charge in [-0.05, 0) is 0 Å². The number of methoxy groups -OCH3 is 1. The van der Waals surface area contributed by atoms with Gasteiger partial charge in [0, 0.05) is 20.7 Å². The Bertz CT molecular complexity index is 301. The molecule has 1 heterocycles. The van der Waals surface area contributed by atoms with Gasteiger partial charge < -0.3 is 14.7 Å². The van der Waals surface area contributed by atoms with Crippen molar-refractivity contribution in [3.63, 3.8) is 0 Å². The van der Waals surface area contributed by atoms with Gasteiger partial charge in [0.1, 0.15) is 6.33 Å². The predicted octanol–water partition coefficient (Wildman–Crippen LogP) is -1.12. The number of hydrogen-bond donors (Lipinski definition) is 2. The third-order valence-electron chi connectivity index (χ3n) is 1.81. The van der Waals surface area contributed by atoms with Crippen LogP contribution in [-0.4, -0.2) is 64.5 Å². The topological polar surface area (TPSA) is 91.3 Å². The van der Waals surface area contributed by atoms with Crippen LogP contribution in [0.3, 0.4) is 0 Å². The fraction of sp³-hybridized carbons (Fsp3) is 0.625. The fourth-order valence-electron chi connectivity index (χ4n) is 1.13. The van der Waals surface area contributed by atoms with Crippen LogP contribution in [0.1, 0.15) is 10.6 Å². The molecule has 1 unspecified atom stereocenters. The number of hydrogen-bond acceptors (Lipinski definition) is 5. The van der Waals surface area contributed by atoms with Crippen molar-refractivity contribution in [2.45, 2.75) is 6.10 Å². The molecule has 1 amide bonds. The number of nitrogens with zero attached hydrogens (tertiary/aromatic N) is 3. The molecule has 1 aromatic rings. The van der Waals surface area contributed by atoms with Crippen LogP contribution in [0.5, 0.6) is 0 Å². The Labute approximate surface area is 87.1 Å². The van der Waals surface area contributed by atoms with Gasteiger partial charge >= 0.3 is 0 Å². The summed E-state index contributed by atoms with van der Waals surface area (Å²) in [5.41, 5.74) is 0. The highest BCUT2D eigenvalue weighted by Gasteiger charge is 2.17. The molecule has 84 valence electrons. The van der Waals surface area contributed by atoms with E-state index in [1.165, 1.54) is 18.3 Å². The van der Waals surface area contributed by atoms with E-state index in [0.29, 0.717) is 0 Å². The highest BCUT2D eigenvalue weighted by molar-refractivity contribution is 5.90. The van der Waals surface area contributed by atoms with Crippen molar-refractivity contribution in [2.24, 2.45) is 0 Å². The van der Waals surface area contributed by atoms with Crippen LogP contribution in [0.15, 0.2) is 6.33 Å². The molecular weight excluding hydrogens is 200 g/mol. The van der Waals surface area contributed by atoms with Crippen LogP contribution in [0.25, 0.3) is 0 Å². The molecule has 0 bridgehead atoms. The summed E-state index contributed by atoms with van der Waals surface area (Å²) < 4.78 is 4.75. The number of aromatic amines is 1. The molecule has 7 heteroatoms. The maximum atomic E-state index is 11.6. The summed E-state index contributed by atoms with van der Waals surface area (Å²) in [5.74, 6) is -0.162. The highest BCUT2D eigenvalue weighted by atomic mass is 16.5. The van der Waals surface area contributed by atoms with Gasteiger partial charge in [0.2, 0.25) is 5.82 Å². The Kier molecular flexibility index (Phi) is 4.19. The lowest BCUT2D eigenvalue weighted by Crippen LogP contribution is -2.36. The van der Waals surface area contributed by atoms with Crippen LogP contribution in [0, 0.1) is 0 Å². The van der Waals surface area contributed by atoms with Crippen molar-refractivity contribution in [3.8, 4) is 0 Å². The van der Waals surface area contributed by atoms with E-state index in [-0.39, 0.29) is 24.9 Å². The van der Waals surface area contributed by atoms with Gasteiger partial charge in [0.15, 0.2) is 0 Å². The molecule has 15 heavy (non-hydrogen) atoms. The van der Waals surface area contributed by atoms with Crippen molar-refractivity contribution in [3.05, 3.63) is 12.2 Å². The zero-order valence-corrected chi connectivity index (χ0v) is 8.67. The maximum Gasteiger partial charge on any atom is 0.291 e. The van der Waals surface area contributed by atoms with E-state index >= 15 is 0 Å². The van der Waals surface area contributed by atoms with Crippen molar-refractivity contribution in [1.29, 1.82) is 0 Å². The molecule has 0 aliphatic carbocycles. The normalized spacial score (nSPS) is 12.5. The van der Waals surface area contributed by atoms with Crippen LogP contribution in [-0.2, 0) is 4.74 Å². The van der Waals surface area contributed by atoms with Gasteiger partial charge in [0.25, 0.3) is 5.91 Å². The number of H-pyrrole nitrogens is 1. The van der Waals surface area contributed by atoms with Crippen LogP contribution in [0.4, 0.5) is 0 Å². The number of rotatable bonds is 5. The minimum Gasteiger partial charge on any atom is -0.389 e. The molecule has 0 aromatic carbocycles. The first-order valence-electron chi connectivity index (χ1n) is 4.43. The number of carbonyl (C=O) groups is 1. The second kappa shape index (κ2) is 5.42. The first-order chi connectivity index (χ1) is 7.15. The summed E-state index contributed by atoms with van der Waals surface area (Å²) in [6.07, 6.45) is 0.555. The van der Waals surface area contributed by atoms with Gasteiger partial charge in [-0.15, -0.1) is 0 Å². The molecule has 0 saturated heterocycles. The third-order valence-corrected chi connectivity index (χ3v) is 1.81. The molecule has 2 N–H and O–H groups in total. The molecule has 0 aliphatic rings. The van der Waals surface area contributed by atoms with Crippen LogP contribution < -0.4 is 0 Å². The number of aliphatic hydroxyl groups excluding tert-OH is 1. The Morgan fingerprint density at radius 1 is 1.80 bits per heavy atom. The molecule has 1 atom stereocenters. The summed E-state index contributed by atoms with van der Waals surface area (Å²) in [6, 6.07) is 0. The van der Waals surface area contributed by atoms with Crippen molar-refractivity contribution < 1.29 is 14.6 Å². The first-order valence-corrected chi connectivity index (χ1v) is 4.43. The van der Waals surface area contributed by atoms with E-state index in [1.807, 2.05) is 0 Å². The first kappa shape index (κ1) is 11.6. The minimum atomic E-state index is -0.702. The maximum absolute atomic E-state index is 11.6. The number of likely N-dealkylation sites (N-methyl/N-ethyl adjacent to an activating group) is 1. The monoisotopic (exact) mass is 214 g/mol. The van der Waals surface area contributed by atoms with Crippen LogP contribution in [0.2, 0.25) is 0 Å². The fourth-order valence-corrected chi connectivity index (χ4v) is 1.13. The third kappa shape index (κ3) is 3.30. The minimum absolute atomic E-state index is 0.155. The Hall–Kier alpha value is -1.47. The molecule has 7 nitrogen and oxygen atoms in total. The summed E-state index contributed by atoms with van der Waals surface area (Å²) in [4.78, 5) is 16.7. The zero-order valence-electron chi connectivity index (χ0n) is 8.67. The number of aromatic nitrogens is 3. The van der Waals surface area contributed by atoms with E-state index in [0.717, 1.165) is 0 Å². The Morgan fingerprint density at radius 2 is 2.53 bits per heavy atom. The van der Waals surface area contributed by atoms with E-state index in [4.69, 9.17) is 4.74 Å². The summed E-state index contributed by atoms with van der Waals surface area (Å²) in [6.45, 7) is 0.376. The van der Waals surface area contributed by atoms with E-state index in [9.17, 15) is 9.90 Å². The molecule has 0 saturated carbocycles. The summed E-state index contributed by atoms with van der Waals surface area (Å²) in [5, 5.41) is 15.4. The van der Waals surface area contributed by atoms with Gasteiger partial charge in [-0.2, -0.15) is 5.10 Å². The average Bonchev–Trinajstić information content (AvgIpc) is 2.69. The number of carbonyl (C=O) groups excluding carboxylic acids is 1. The number of aliphatic hydroxyl groups is 1. The van der Waals surface area contributed by atoms with Gasteiger partial charge in [0.05, 0.1) is 12.7 Å². The van der Waals surface area contributed by atoms with E-state index < -0.39 is 6.10 Å². The summed E-state index contributed by atoms with van der Waals surface area (Å²) in [7, 11) is 3.06. The van der Waals surface area contributed by atoms with E-state index in [1.54, 1.807) is 7.05 Å². The zero-order chi connectivity index (χ0) is 11.3. The highest BCUT2D eigenvalue weighted by Crippen LogP contribution is 1.97. The Balaban J connectivity index is 2.47.